The average Bonchev–Trinajstić information content (AvgIpc) is 2.34. The van der Waals surface area contributed by atoms with Gasteiger partial charge in [0.05, 0.1) is 4.47 Å². The fourth-order valence-corrected chi connectivity index (χ4v) is 1.53. The number of benzene rings is 1. The van der Waals surface area contributed by atoms with Crippen LogP contribution in [0.1, 0.15) is 0 Å². The summed E-state index contributed by atoms with van der Waals surface area (Å²) in [5.41, 5.74) is 0. The molecular weight excluding hydrogens is 287 g/mol. The number of hydrogen-bond acceptors (Lipinski definition) is 3. The van der Waals surface area contributed by atoms with Crippen LogP contribution in [0.4, 0.5) is 10.2 Å². The summed E-state index contributed by atoms with van der Waals surface area (Å²) in [6, 6.07) is 8.06. The highest BCUT2D eigenvalue weighted by atomic mass is 79.9. The molecule has 0 aliphatic rings. The summed E-state index contributed by atoms with van der Waals surface area (Å²) in [7, 11) is 1.77. The van der Waals surface area contributed by atoms with Gasteiger partial charge in [0.2, 0.25) is 0 Å². The van der Waals surface area contributed by atoms with E-state index < -0.39 is 0 Å². The van der Waals surface area contributed by atoms with E-state index >= 15 is 0 Å². The normalized spacial score (nSPS) is 10.1. The maximum Gasteiger partial charge on any atom is 0.141 e. The van der Waals surface area contributed by atoms with Crippen LogP contribution < -0.4 is 10.1 Å². The molecule has 0 atom stereocenters. The van der Waals surface area contributed by atoms with E-state index in [0.29, 0.717) is 21.8 Å². The van der Waals surface area contributed by atoms with Crippen molar-refractivity contribution >= 4 is 21.7 Å². The Morgan fingerprint density at radius 3 is 2.71 bits per heavy atom. The molecule has 0 fully saturated rings. The maximum atomic E-state index is 13.3. The smallest absolute Gasteiger partial charge is 0.141 e. The maximum absolute atomic E-state index is 13.3. The molecule has 2 aromatic rings. The first-order valence-corrected chi connectivity index (χ1v) is 5.75. The first kappa shape index (κ1) is 11.9. The third-order valence-electron chi connectivity index (χ3n) is 2.11. The van der Waals surface area contributed by atoms with Crippen LogP contribution in [-0.2, 0) is 0 Å². The third-order valence-corrected chi connectivity index (χ3v) is 2.76. The van der Waals surface area contributed by atoms with Crippen LogP contribution in [0, 0.1) is 5.82 Å². The number of aromatic nitrogens is 1. The molecule has 0 amide bonds. The number of nitrogens with one attached hydrogen (secondary N) is 1. The van der Waals surface area contributed by atoms with E-state index in [-0.39, 0.29) is 5.82 Å². The van der Waals surface area contributed by atoms with Crippen LogP contribution >= 0.6 is 15.9 Å². The molecule has 1 N–H and O–H groups in total. The molecule has 1 aromatic carbocycles. The highest BCUT2D eigenvalue weighted by Crippen LogP contribution is 2.26. The molecule has 0 aliphatic heterocycles. The van der Waals surface area contributed by atoms with E-state index in [2.05, 4.69) is 26.2 Å². The minimum absolute atomic E-state index is 0.356. The lowest BCUT2D eigenvalue weighted by Gasteiger charge is -2.07. The number of hydrogen-bond donors (Lipinski definition) is 1. The quantitative estimate of drug-likeness (QED) is 0.935. The van der Waals surface area contributed by atoms with Crippen LogP contribution in [0.3, 0.4) is 0 Å². The fraction of sp³-hybridized carbons (Fsp3) is 0.0833. The van der Waals surface area contributed by atoms with Crippen LogP contribution in [0.5, 0.6) is 11.5 Å². The van der Waals surface area contributed by atoms with Crippen molar-refractivity contribution in [2.75, 3.05) is 12.4 Å². The van der Waals surface area contributed by atoms with E-state index in [1.165, 1.54) is 6.07 Å². The standard InChI is InChI=1S/C12H10BrFN2O/c1-15-12-7-9(4-5-16-12)17-8-2-3-10(13)11(14)6-8/h2-7H,1H3,(H,15,16). The molecule has 0 unspecified atom stereocenters. The molecule has 0 aliphatic carbocycles. The van der Waals surface area contributed by atoms with Gasteiger partial charge in [-0.05, 0) is 34.1 Å². The monoisotopic (exact) mass is 296 g/mol. The molecule has 0 radical (unpaired) electrons. The van der Waals surface area contributed by atoms with Crippen LogP contribution in [-0.4, -0.2) is 12.0 Å². The van der Waals surface area contributed by atoms with Crippen LogP contribution in [0.25, 0.3) is 0 Å². The molecule has 1 heterocycles. The SMILES string of the molecule is CNc1cc(Oc2ccc(Br)c(F)c2)ccn1. The summed E-state index contributed by atoms with van der Waals surface area (Å²) in [6.07, 6.45) is 1.62. The van der Waals surface area contributed by atoms with Gasteiger partial charge in [-0.15, -0.1) is 0 Å². The van der Waals surface area contributed by atoms with Crippen molar-refractivity contribution in [1.82, 2.24) is 4.98 Å². The van der Waals surface area contributed by atoms with Gasteiger partial charge in [0.15, 0.2) is 0 Å². The van der Waals surface area contributed by atoms with E-state index in [1.807, 2.05) is 0 Å². The van der Waals surface area contributed by atoms with Gasteiger partial charge in [-0.2, -0.15) is 0 Å². The molecule has 1 aromatic heterocycles. The van der Waals surface area contributed by atoms with Crippen LogP contribution in [0.15, 0.2) is 41.0 Å². The van der Waals surface area contributed by atoms with E-state index in [4.69, 9.17) is 4.74 Å². The Kier molecular flexibility index (Phi) is 3.58. The predicted octanol–water partition coefficient (Wildman–Crippen LogP) is 3.82. The predicted molar refractivity (Wildman–Crippen MR) is 68.0 cm³/mol. The van der Waals surface area contributed by atoms with Gasteiger partial charge in [0.25, 0.3) is 0 Å². The van der Waals surface area contributed by atoms with Gasteiger partial charge in [0.1, 0.15) is 23.1 Å². The lowest BCUT2D eigenvalue weighted by molar-refractivity contribution is 0.476. The topological polar surface area (TPSA) is 34.1 Å². The van der Waals surface area contributed by atoms with Gasteiger partial charge in [-0.3, -0.25) is 0 Å². The van der Waals surface area contributed by atoms with Crippen molar-refractivity contribution in [2.24, 2.45) is 0 Å². The average molecular weight is 297 g/mol. The third kappa shape index (κ3) is 2.94. The summed E-state index contributed by atoms with van der Waals surface area (Å²) in [5, 5.41) is 2.90. The number of ether oxygens (including phenoxy) is 1. The second-order valence-electron chi connectivity index (χ2n) is 3.30. The lowest BCUT2D eigenvalue weighted by Crippen LogP contribution is -1.92. The lowest BCUT2D eigenvalue weighted by atomic mass is 10.3. The minimum atomic E-state index is -0.356. The number of halogens is 2. The van der Waals surface area contributed by atoms with E-state index in [1.54, 1.807) is 37.5 Å². The molecule has 5 heteroatoms. The van der Waals surface area contributed by atoms with Gasteiger partial charge in [0, 0.05) is 25.4 Å². The summed E-state index contributed by atoms with van der Waals surface area (Å²) < 4.78 is 19.2. The van der Waals surface area contributed by atoms with Crippen molar-refractivity contribution < 1.29 is 9.13 Å². The number of nitrogens with zero attached hydrogens (tertiary/aromatic N) is 1. The summed E-state index contributed by atoms with van der Waals surface area (Å²) >= 11 is 3.09. The largest absolute Gasteiger partial charge is 0.457 e. The van der Waals surface area contributed by atoms with Crippen molar-refractivity contribution in [1.29, 1.82) is 0 Å². The summed E-state index contributed by atoms with van der Waals surface area (Å²) in [6.45, 7) is 0. The van der Waals surface area contributed by atoms with Gasteiger partial charge >= 0.3 is 0 Å². The fourth-order valence-electron chi connectivity index (χ4n) is 1.29. The second-order valence-corrected chi connectivity index (χ2v) is 4.16. The molecule has 2 rings (SSSR count). The molecule has 17 heavy (non-hydrogen) atoms. The van der Waals surface area contributed by atoms with Gasteiger partial charge in [-0.25, -0.2) is 9.37 Å². The Morgan fingerprint density at radius 1 is 1.24 bits per heavy atom. The highest BCUT2D eigenvalue weighted by Gasteiger charge is 2.03. The molecule has 88 valence electrons. The van der Waals surface area contributed by atoms with Crippen LogP contribution in [0.2, 0.25) is 0 Å². The van der Waals surface area contributed by atoms with Crippen molar-refractivity contribution in [2.45, 2.75) is 0 Å². The molecule has 0 saturated carbocycles. The highest BCUT2D eigenvalue weighted by molar-refractivity contribution is 9.10. The Labute approximate surface area is 107 Å². The first-order valence-electron chi connectivity index (χ1n) is 4.96. The Morgan fingerprint density at radius 2 is 2.00 bits per heavy atom. The number of anilines is 1. The summed E-state index contributed by atoms with van der Waals surface area (Å²) in [4.78, 5) is 4.06. The zero-order valence-electron chi connectivity index (χ0n) is 9.08. The molecule has 3 nitrogen and oxygen atoms in total. The van der Waals surface area contributed by atoms with E-state index in [0.717, 1.165) is 0 Å². The van der Waals surface area contributed by atoms with Gasteiger partial charge in [-0.1, -0.05) is 0 Å². The second kappa shape index (κ2) is 5.14. The van der Waals surface area contributed by atoms with Crippen molar-refractivity contribution in [3.05, 3.63) is 46.8 Å². The zero-order valence-corrected chi connectivity index (χ0v) is 10.7. The van der Waals surface area contributed by atoms with Crippen molar-refractivity contribution in [3.8, 4) is 11.5 Å². The number of rotatable bonds is 3. The Bertz CT molecular complexity index is 534. The zero-order chi connectivity index (χ0) is 12.3. The molecular formula is C12H10BrFN2O. The van der Waals surface area contributed by atoms with Gasteiger partial charge < -0.3 is 10.1 Å². The minimum Gasteiger partial charge on any atom is -0.457 e. The molecule has 0 spiro atoms. The molecule has 0 saturated heterocycles. The van der Waals surface area contributed by atoms with E-state index in [9.17, 15) is 4.39 Å². The first-order chi connectivity index (χ1) is 8.19. The van der Waals surface area contributed by atoms with Crippen molar-refractivity contribution in [3.63, 3.8) is 0 Å². The molecule has 0 bridgehead atoms. The number of pyridine rings is 1. The summed E-state index contributed by atoms with van der Waals surface area (Å²) in [5.74, 6) is 1.38. The Hall–Kier alpha value is -1.62. The Balaban J connectivity index is 2.22.